The standard InChI is InChI=1S/C85H122N2O24/c1-44(2)72-50(9)28-30-82(110-72)40-60-36-58(108-82)26-24-48(7)74(46(5)20-17-22-56-42-100-76-70(88)52(11)34-62(78(90)104-60)84(56,76)94)106-66-38-64(96-15)68(54(13)102-66)86-80(92)98-32-19-33-99-81(93)87-69-55(14)103-67(39-65(69)97-16)107-75-47(6)21-18-23-57-43-101-77-71(89)53(12)35-63(85(57,77)95)79(91)105-61-37-59(27-25-49(75)8)109-83(41-61)31-29-51(10)73(111-83)45(3)4/h17-18,20-25,28-31,34-35,44-47,50-51,54-55,58-77,88-89,94-95H,19,26-27,32-33,36-43H2,1-16H3,(H,86,92)(H,87,93)/b20-17+,21-18+,48-24+,49-25+,56-22+,57-23+/t46-,47-,50-,51-,54-,55-,58+,59+,60-,61-,62-,63-,64-,65-,66-,67-,68-,69-,70+,71+,72+,73+,74-,75-,76+,77+,82+,83+,84+,85+/m0/s1. The number of aliphatic hydroxyl groups excluding tert-OH is 2. The Morgan fingerprint density at radius 1 is 0.541 bits per heavy atom. The quantitative estimate of drug-likeness (QED) is 0.0408. The van der Waals surface area contributed by atoms with Crippen molar-refractivity contribution < 1.29 is 115 Å². The Balaban J connectivity index is 0.650. The second kappa shape index (κ2) is 35.4. The van der Waals surface area contributed by atoms with Gasteiger partial charge >= 0.3 is 24.1 Å². The second-order valence-corrected chi connectivity index (χ2v) is 33.9. The van der Waals surface area contributed by atoms with Crippen LogP contribution in [-0.2, 0) is 85.4 Å². The number of methoxy groups -OCH3 is 2. The highest BCUT2D eigenvalue weighted by atomic mass is 16.7. The van der Waals surface area contributed by atoms with Gasteiger partial charge in [0, 0.05) is 82.8 Å². The SMILES string of the molecule is CO[C@H]1C[C@H](O[C@@H]2/C(C)=C/C[C@@H]3C[C@@H](C[C@]4(C=C[C@H](C)[C@@H](C(C)C)O4)O3)OC(=O)[C@@H]3C=C(C)[C@@H](O)[C@H]4OC/C(=C\C=C\[C@@H]2C)[C@]43O)O[C@@H](C)[C@@H]1NC(=O)OCCCOC(=O)N[C@H]1[C@H](C)O[C@@H](O[C@@H]2/C(C)=C/C[C@@H]3C[C@@H](C[C@]4(C=C[C@H](C)[C@@H](C(C)C)O4)O3)OC(=O)[C@@H]3C=C(C)[C@@H](O)[C@H]4OC/C(=C\C=C\[C@@H]2C)[C@]43O)C[C@@H]1OC. The average Bonchev–Trinajstić information content (AvgIpc) is 1.62. The summed E-state index contributed by atoms with van der Waals surface area (Å²) in [5.74, 6) is -5.95. The smallest absolute Gasteiger partial charge is 0.407 e. The van der Waals surface area contributed by atoms with Crippen LogP contribution in [0.4, 0.5) is 9.59 Å². The lowest BCUT2D eigenvalue weighted by atomic mass is 9.71. The van der Waals surface area contributed by atoms with E-state index >= 15 is 0 Å². The lowest BCUT2D eigenvalue weighted by Crippen LogP contribution is -2.58. The molecular formula is C85H122N2O24. The monoisotopic (exact) mass is 1550 g/mol. The van der Waals surface area contributed by atoms with E-state index < -0.39 is 169 Å². The first-order valence-electron chi connectivity index (χ1n) is 40.3. The Bertz CT molecular complexity index is 3420. The third-order valence-corrected chi connectivity index (χ3v) is 24.9. The van der Waals surface area contributed by atoms with Gasteiger partial charge in [0.05, 0.1) is 99.6 Å². The molecule has 6 saturated heterocycles. The fraction of sp³-hybridized carbons (Fsp3) is 0.718. The van der Waals surface area contributed by atoms with Gasteiger partial charge in [0.25, 0.3) is 0 Å². The molecular weight excluding hydrogens is 1430 g/mol. The van der Waals surface area contributed by atoms with Crippen molar-refractivity contribution in [1.82, 2.24) is 10.6 Å². The van der Waals surface area contributed by atoms with E-state index in [1.165, 1.54) is 0 Å². The van der Waals surface area contributed by atoms with Gasteiger partial charge in [0.2, 0.25) is 0 Å². The number of fused-ring (bicyclic) bond motifs is 4. The second-order valence-electron chi connectivity index (χ2n) is 33.9. The largest absolute Gasteiger partial charge is 0.462 e. The minimum Gasteiger partial charge on any atom is -0.462 e. The number of allylic oxidation sites excluding steroid dienone is 4. The molecule has 12 aliphatic rings. The van der Waals surface area contributed by atoms with Crippen LogP contribution in [0.1, 0.15) is 155 Å². The summed E-state index contributed by atoms with van der Waals surface area (Å²) in [6.45, 7) is 27.5. The summed E-state index contributed by atoms with van der Waals surface area (Å²) in [5.41, 5.74) is -0.185. The molecule has 0 radical (unpaired) electrons. The highest BCUT2D eigenvalue weighted by Crippen LogP contribution is 2.50. The van der Waals surface area contributed by atoms with Crippen LogP contribution in [-0.4, -0.2) is 230 Å². The number of alkyl carbamates (subject to hydrolysis) is 2. The molecule has 0 aromatic rings. The van der Waals surface area contributed by atoms with Gasteiger partial charge in [0.1, 0.15) is 59.7 Å². The summed E-state index contributed by atoms with van der Waals surface area (Å²) in [6.07, 6.45) is 15.6. The minimum atomic E-state index is -1.90. The van der Waals surface area contributed by atoms with Crippen LogP contribution in [0.3, 0.4) is 0 Å². The predicted molar refractivity (Wildman–Crippen MR) is 405 cm³/mol. The van der Waals surface area contributed by atoms with Crippen molar-refractivity contribution in [3.8, 4) is 0 Å². The van der Waals surface area contributed by atoms with Gasteiger partial charge in [0.15, 0.2) is 24.2 Å². The van der Waals surface area contributed by atoms with Gasteiger partial charge in [-0.1, -0.05) is 128 Å². The first kappa shape index (κ1) is 84.6. The van der Waals surface area contributed by atoms with Crippen molar-refractivity contribution in [3.63, 3.8) is 0 Å². The third kappa shape index (κ3) is 18.3. The van der Waals surface area contributed by atoms with Gasteiger partial charge in [-0.3, -0.25) is 9.59 Å². The molecule has 2 amide bonds. The van der Waals surface area contributed by atoms with Crippen LogP contribution >= 0.6 is 0 Å². The van der Waals surface area contributed by atoms with Crippen LogP contribution in [0.15, 0.2) is 119 Å². The fourth-order valence-corrected chi connectivity index (χ4v) is 18.7. The highest BCUT2D eigenvalue weighted by molar-refractivity contribution is 5.79. The molecule has 6 fully saturated rings. The third-order valence-electron chi connectivity index (χ3n) is 24.9. The summed E-state index contributed by atoms with van der Waals surface area (Å²) in [7, 11) is 3.12. The molecule has 0 saturated carbocycles. The molecule has 616 valence electrons. The van der Waals surface area contributed by atoms with Crippen LogP contribution in [0.5, 0.6) is 0 Å². The number of hydrogen-bond acceptors (Lipinski definition) is 24. The van der Waals surface area contributed by atoms with Gasteiger partial charge in [-0.2, -0.15) is 0 Å². The number of carbonyl (C=O) groups is 4. The summed E-state index contributed by atoms with van der Waals surface area (Å²) < 4.78 is 103. The molecule has 6 N–H and O–H groups in total. The van der Waals surface area contributed by atoms with Crippen molar-refractivity contribution in [3.05, 3.63) is 119 Å². The summed E-state index contributed by atoms with van der Waals surface area (Å²) in [4.78, 5) is 56.0. The Morgan fingerprint density at radius 3 is 1.32 bits per heavy atom. The number of aliphatic hydroxyl groups is 4. The molecule has 10 aliphatic heterocycles. The van der Waals surface area contributed by atoms with Crippen molar-refractivity contribution in [2.45, 2.75) is 300 Å². The van der Waals surface area contributed by atoms with Gasteiger partial charge in [-0.15, -0.1) is 0 Å². The molecule has 0 aromatic heterocycles. The number of nitrogens with one attached hydrogen (secondary N) is 2. The van der Waals surface area contributed by atoms with Crippen LogP contribution < -0.4 is 10.6 Å². The predicted octanol–water partition coefficient (Wildman–Crippen LogP) is 9.78. The molecule has 30 atom stereocenters. The molecule has 0 unspecified atom stereocenters. The zero-order valence-electron chi connectivity index (χ0n) is 67.4. The Labute approximate surface area is 653 Å². The molecule has 2 aliphatic carbocycles. The number of rotatable bonds is 14. The van der Waals surface area contributed by atoms with Gasteiger partial charge in [-0.25, -0.2) is 9.59 Å². The average molecular weight is 1560 g/mol. The maximum absolute atomic E-state index is 14.5. The fourth-order valence-electron chi connectivity index (χ4n) is 18.7. The van der Waals surface area contributed by atoms with Crippen molar-refractivity contribution in [2.75, 3.05) is 40.6 Å². The van der Waals surface area contributed by atoms with E-state index in [2.05, 4.69) is 76.5 Å². The molecule has 2 spiro atoms. The molecule has 10 heterocycles. The maximum atomic E-state index is 14.5. The van der Waals surface area contributed by atoms with Gasteiger partial charge in [-0.05, 0) is 112 Å². The first-order valence-corrected chi connectivity index (χ1v) is 40.3. The Kier molecular flexibility index (Phi) is 27.0. The topological polar surface area (TPSA) is 321 Å². The number of carbonyl (C=O) groups excluding carboxylic acids is 4. The van der Waals surface area contributed by atoms with E-state index in [0.29, 0.717) is 48.0 Å². The molecule has 111 heavy (non-hydrogen) atoms. The Morgan fingerprint density at radius 2 is 0.937 bits per heavy atom. The molecule has 4 bridgehead atoms. The van der Waals surface area contributed by atoms with Gasteiger partial charge < -0.3 is 107 Å². The normalized spacial score (nSPS) is 45.9. The summed E-state index contributed by atoms with van der Waals surface area (Å²) in [6, 6.07) is -1.29. The minimum absolute atomic E-state index is 0.0213. The number of amides is 2. The molecule has 26 heteroatoms. The zero-order valence-corrected chi connectivity index (χ0v) is 67.4. The van der Waals surface area contributed by atoms with E-state index in [9.17, 15) is 39.6 Å². The lowest BCUT2D eigenvalue weighted by Gasteiger charge is -2.48. The first-order chi connectivity index (χ1) is 52.8. The van der Waals surface area contributed by atoms with E-state index in [0.717, 1.165) is 11.1 Å². The van der Waals surface area contributed by atoms with E-state index in [1.807, 2.05) is 78.0 Å². The van der Waals surface area contributed by atoms with Crippen molar-refractivity contribution in [2.24, 2.45) is 47.3 Å². The highest BCUT2D eigenvalue weighted by Gasteiger charge is 2.62. The molecule has 0 aromatic carbocycles. The summed E-state index contributed by atoms with van der Waals surface area (Å²) >= 11 is 0. The maximum Gasteiger partial charge on any atom is 0.407 e. The number of ether oxygens (including phenoxy) is 16. The van der Waals surface area contributed by atoms with Crippen LogP contribution in [0.25, 0.3) is 0 Å². The van der Waals surface area contributed by atoms with Crippen LogP contribution in [0, 0.1) is 47.3 Å². The molecule has 26 nitrogen and oxygen atoms in total. The number of esters is 2. The van der Waals surface area contributed by atoms with E-state index in [-0.39, 0.29) is 106 Å². The zero-order chi connectivity index (χ0) is 79.8. The van der Waals surface area contributed by atoms with Crippen molar-refractivity contribution in [1.29, 1.82) is 0 Å². The van der Waals surface area contributed by atoms with E-state index in [1.54, 1.807) is 52.4 Å². The van der Waals surface area contributed by atoms with Crippen molar-refractivity contribution >= 4 is 24.1 Å². The Hall–Kier alpha value is -5.76. The number of hydrogen-bond donors (Lipinski definition) is 6. The molecule has 12 rings (SSSR count). The van der Waals surface area contributed by atoms with Crippen LogP contribution in [0.2, 0.25) is 0 Å². The lowest BCUT2D eigenvalue weighted by molar-refractivity contribution is -0.300. The summed E-state index contributed by atoms with van der Waals surface area (Å²) in [5, 5.41) is 53.8. The van der Waals surface area contributed by atoms with E-state index in [4.69, 9.17) is 75.8 Å².